The van der Waals surface area contributed by atoms with Gasteiger partial charge in [0, 0.05) is 0 Å². The van der Waals surface area contributed by atoms with Gasteiger partial charge < -0.3 is 9.47 Å². The molecule has 0 aliphatic carbocycles. The van der Waals surface area contributed by atoms with E-state index < -0.39 is 5.91 Å². The Hall–Kier alpha value is -2.13. The lowest BCUT2D eigenvalue weighted by Crippen LogP contribution is -2.00. The molecule has 78 valence electrons. The van der Waals surface area contributed by atoms with Crippen LogP contribution in [0.25, 0.3) is 0 Å². The summed E-state index contributed by atoms with van der Waals surface area (Å²) in [5, 5.41) is 0. The van der Waals surface area contributed by atoms with Crippen molar-refractivity contribution >= 4 is 12.0 Å². The van der Waals surface area contributed by atoms with Crippen LogP contribution >= 0.6 is 0 Å². The number of methoxy groups -OCH3 is 2. The first-order valence-corrected chi connectivity index (χ1v) is 4.07. The van der Waals surface area contributed by atoms with Gasteiger partial charge in [0.05, 0.1) is 19.8 Å². The molecule has 15 heavy (non-hydrogen) atoms. The highest BCUT2D eigenvalue weighted by molar-refractivity contribution is 6.00. The van der Waals surface area contributed by atoms with Gasteiger partial charge in [0.25, 0.3) is 5.91 Å². The number of benzene rings is 1. The summed E-state index contributed by atoms with van der Waals surface area (Å²) in [5.74, 6) is -0.0470. The van der Waals surface area contributed by atoms with E-state index in [1.165, 1.54) is 26.4 Å². The molecular formula is C10H9NO4. The van der Waals surface area contributed by atoms with Crippen molar-refractivity contribution in [1.82, 2.24) is 0 Å². The molecule has 0 fully saturated rings. The smallest absolute Gasteiger partial charge is 0.291 e. The Labute approximate surface area is 86.3 Å². The minimum Gasteiger partial charge on any atom is -0.493 e. The molecule has 0 aliphatic heterocycles. The van der Waals surface area contributed by atoms with Gasteiger partial charge >= 0.3 is 0 Å². The molecule has 1 aromatic carbocycles. The molecule has 0 aliphatic rings. The van der Waals surface area contributed by atoms with Crippen molar-refractivity contribution in [2.45, 2.75) is 0 Å². The minimum atomic E-state index is -0.708. The Morgan fingerprint density at radius 3 is 2.60 bits per heavy atom. The topological polar surface area (TPSA) is 65.0 Å². The summed E-state index contributed by atoms with van der Waals surface area (Å²) >= 11 is 0. The van der Waals surface area contributed by atoms with Crippen molar-refractivity contribution in [3.8, 4) is 11.5 Å². The SMILES string of the molecule is COc1cccc(C(=O)N=C=O)c1OC. The fourth-order valence-corrected chi connectivity index (χ4v) is 1.16. The lowest BCUT2D eigenvalue weighted by atomic mass is 10.2. The zero-order valence-corrected chi connectivity index (χ0v) is 8.31. The van der Waals surface area contributed by atoms with Gasteiger partial charge in [0.15, 0.2) is 11.5 Å². The molecule has 1 aromatic rings. The number of carbonyl (C=O) groups is 1. The van der Waals surface area contributed by atoms with Crippen molar-refractivity contribution in [1.29, 1.82) is 0 Å². The van der Waals surface area contributed by atoms with Gasteiger partial charge in [-0.1, -0.05) is 6.07 Å². The monoisotopic (exact) mass is 207 g/mol. The number of carbonyl (C=O) groups excluding carboxylic acids is 2. The summed E-state index contributed by atoms with van der Waals surface area (Å²) in [7, 11) is 2.86. The molecule has 0 atom stereocenters. The predicted molar refractivity (Wildman–Crippen MR) is 52.0 cm³/mol. The van der Waals surface area contributed by atoms with Crippen molar-refractivity contribution < 1.29 is 19.1 Å². The maximum atomic E-state index is 11.3. The normalized spacial score (nSPS) is 8.93. The lowest BCUT2D eigenvalue weighted by Gasteiger charge is -2.09. The standard InChI is InChI=1S/C10H9NO4/c1-14-8-5-3-4-7(9(8)15-2)10(13)11-6-12/h3-5H,1-2H3. The number of aliphatic imine (C=N–C) groups is 1. The van der Waals surface area contributed by atoms with E-state index in [0.717, 1.165) is 0 Å². The van der Waals surface area contributed by atoms with Crippen molar-refractivity contribution in [3.63, 3.8) is 0 Å². The first-order chi connectivity index (χ1) is 7.24. The molecule has 5 heteroatoms. The number of amides is 1. The molecule has 0 saturated heterocycles. The van der Waals surface area contributed by atoms with Crippen molar-refractivity contribution in [2.24, 2.45) is 4.99 Å². The second kappa shape index (κ2) is 4.93. The van der Waals surface area contributed by atoms with E-state index in [2.05, 4.69) is 4.99 Å². The number of ether oxygens (including phenoxy) is 2. The number of nitrogens with zero attached hydrogens (tertiary/aromatic N) is 1. The molecule has 0 bridgehead atoms. The molecule has 0 spiro atoms. The average Bonchev–Trinajstić information content (AvgIpc) is 2.28. The summed E-state index contributed by atoms with van der Waals surface area (Å²) in [6.07, 6.45) is 1.18. The van der Waals surface area contributed by atoms with Gasteiger partial charge in [0.1, 0.15) is 0 Å². The lowest BCUT2D eigenvalue weighted by molar-refractivity contribution is 0.0999. The quantitative estimate of drug-likeness (QED) is 0.551. The Balaban J connectivity index is 3.28. The molecule has 0 N–H and O–H groups in total. The van der Waals surface area contributed by atoms with E-state index in [9.17, 15) is 9.59 Å². The summed E-state index contributed by atoms with van der Waals surface area (Å²) in [6.45, 7) is 0. The molecule has 5 nitrogen and oxygen atoms in total. The van der Waals surface area contributed by atoms with Crippen LogP contribution in [0.1, 0.15) is 10.4 Å². The van der Waals surface area contributed by atoms with Crippen LogP contribution in [0.4, 0.5) is 0 Å². The molecular weight excluding hydrogens is 198 g/mol. The molecule has 1 rings (SSSR count). The van der Waals surface area contributed by atoms with E-state index >= 15 is 0 Å². The number of isocyanates is 1. The molecule has 0 radical (unpaired) electrons. The van der Waals surface area contributed by atoms with Crippen LogP contribution in [0.15, 0.2) is 23.2 Å². The maximum absolute atomic E-state index is 11.3. The molecule has 1 amide bonds. The highest BCUT2D eigenvalue weighted by Crippen LogP contribution is 2.30. The fraction of sp³-hybridized carbons (Fsp3) is 0.200. The fourth-order valence-electron chi connectivity index (χ4n) is 1.16. The first kappa shape index (κ1) is 10.9. The number of hydrogen-bond donors (Lipinski definition) is 0. The van der Waals surface area contributed by atoms with E-state index in [0.29, 0.717) is 5.75 Å². The maximum Gasteiger partial charge on any atom is 0.291 e. The summed E-state index contributed by atoms with van der Waals surface area (Å²) < 4.78 is 9.99. The van der Waals surface area contributed by atoms with Gasteiger partial charge in [-0.15, -0.1) is 4.99 Å². The van der Waals surface area contributed by atoms with Crippen LogP contribution in [0.2, 0.25) is 0 Å². The van der Waals surface area contributed by atoms with Crippen LogP contribution in [0.5, 0.6) is 11.5 Å². The van der Waals surface area contributed by atoms with Crippen LogP contribution < -0.4 is 9.47 Å². The van der Waals surface area contributed by atoms with Crippen LogP contribution in [0, 0.1) is 0 Å². The summed E-state index contributed by atoms with van der Waals surface area (Å²) in [4.78, 5) is 24.3. The zero-order chi connectivity index (χ0) is 11.3. The van der Waals surface area contributed by atoms with Gasteiger partial charge in [-0.25, -0.2) is 4.79 Å². The average molecular weight is 207 g/mol. The van der Waals surface area contributed by atoms with E-state index in [1.54, 1.807) is 12.1 Å². The zero-order valence-electron chi connectivity index (χ0n) is 8.31. The van der Waals surface area contributed by atoms with Gasteiger partial charge in [0.2, 0.25) is 6.08 Å². The highest BCUT2D eigenvalue weighted by atomic mass is 16.5. The summed E-state index contributed by atoms with van der Waals surface area (Å²) in [6, 6.07) is 4.74. The first-order valence-electron chi connectivity index (χ1n) is 4.07. The molecule has 0 saturated carbocycles. The Kier molecular flexibility index (Phi) is 3.60. The Morgan fingerprint density at radius 2 is 2.07 bits per heavy atom. The van der Waals surface area contributed by atoms with E-state index in [-0.39, 0.29) is 11.3 Å². The number of rotatable bonds is 3. The van der Waals surface area contributed by atoms with E-state index in [4.69, 9.17) is 9.47 Å². The second-order valence-electron chi connectivity index (χ2n) is 2.55. The van der Waals surface area contributed by atoms with Crippen LogP contribution in [-0.2, 0) is 4.79 Å². The molecule has 0 heterocycles. The van der Waals surface area contributed by atoms with Crippen LogP contribution in [0.3, 0.4) is 0 Å². The van der Waals surface area contributed by atoms with E-state index in [1.807, 2.05) is 0 Å². The van der Waals surface area contributed by atoms with Gasteiger partial charge in [-0.05, 0) is 12.1 Å². The number of hydrogen-bond acceptors (Lipinski definition) is 4. The van der Waals surface area contributed by atoms with Crippen molar-refractivity contribution in [2.75, 3.05) is 14.2 Å². The Bertz CT molecular complexity index is 421. The molecule has 0 unspecified atom stereocenters. The Morgan fingerprint density at radius 1 is 1.33 bits per heavy atom. The third-order valence-corrected chi connectivity index (χ3v) is 1.78. The van der Waals surface area contributed by atoms with Crippen LogP contribution in [-0.4, -0.2) is 26.2 Å². The number of para-hydroxylation sites is 1. The summed E-state index contributed by atoms with van der Waals surface area (Å²) in [5.41, 5.74) is 0.167. The second-order valence-corrected chi connectivity index (χ2v) is 2.55. The van der Waals surface area contributed by atoms with Gasteiger partial charge in [-0.3, -0.25) is 4.79 Å². The third kappa shape index (κ3) is 2.21. The van der Waals surface area contributed by atoms with Gasteiger partial charge in [-0.2, -0.15) is 0 Å². The third-order valence-electron chi connectivity index (χ3n) is 1.78. The highest BCUT2D eigenvalue weighted by Gasteiger charge is 2.15. The largest absolute Gasteiger partial charge is 0.493 e. The molecule has 0 aromatic heterocycles. The van der Waals surface area contributed by atoms with Crippen molar-refractivity contribution in [3.05, 3.63) is 23.8 Å². The predicted octanol–water partition coefficient (Wildman–Crippen LogP) is 1.18. The minimum absolute atomic E-state index is 0.167.